The van der Waals surface area contributed by atoms with E-state index in [0.717, 1.165) is 6.42 Å². The third kappa shape index (κ3) is 8.11. The van der Waals surface area contributed by atoms with E-state index in [1.54, 1.807) is 7.11 Å². The second-order valence-corrected chi connectivity index (χ2v) is 5.90. The fourth-order valence-electron chi connectivity index (χ4n) is 2.27. The van der Waals surface area contributed by atoms with Crippen LogP contribution in [0.3, 0.4) is 0 Å². The number of carbonyl (C=O) groups excluding carboxylic acids is 1. The van der Waals surface area contributed by atoms with Gasteiger partial charge in [0.25, 0.3) is 0 Å². The molecular formula is C18H30N2O3. The lowest BCUT2D eigenvalue weighted by molar-refractivity contribution is -0.121. The van der Waals surface area contributed by atoms with Gasteiger partial charge < -0.3 is 19.7 Å². The van der Waals surface area contributed by atoms with Crippen molar-refractivity contribution >= 4 is 5.91 Å². The van der Waals surface area contributed by atoms with Crippen molar-refractivity contribution in [2.75, 3.05) is 47.6 Å². The Labute approximate surface area is 140 Å². The second-order valence-electron chi connectivity index (χ2n) is 5.90. The van der Waals surface area contributed by atoms with Gasteiger partial charge in [0, 0.05) is 26.7 Å². The average Bonchev–Trinajstić information content (AvgIpc) is 2.52. The largest absolute Gasteiger partial charge is 0.382 e. The van der Waals surface area contributed by atoms with Gasteiger partial charge in [0.15, 0.2) is 0 Å². The number of methoxy groups -OCH3 is 1. The zero-order valence-corrected chi connectivity index (χ0v) is 14.8. The van der Waals surface area contributed by atoms with Crippen LogP contribution in [0.1, 0.15) is 30.0 Å². The van der Waals surface area contributed by atoms with Gasteiger partial charge in [-0.2, -0.15) is 0 Å². The summed E-state index contributed by atoms with van der Waals surface area (Å²) in [5, 5.41) is 3.02. The Morgan fingerprint density at radius 1 is 1.17 bits per heavy atom. The molecule has 1 aromatic rings. The Morgan fingerprint density at radius 3 is 2.48 bits per heavy atom. The zero-order chi connectivity index (χ0) is 17.1. The van der Waals surface area contributed by atoms with Gasteiger partial charge in [-0.3, -0.25) is 4.79 Å². The third-order valence-corrected chi connectivity index (χ3v) is 3.70. The highest BCUT2D eigenvalue weighted by atomic mass is 16.5. The molecule has 0 aliphatic rings. The van der Waals surface area contributed by atoms with Crippen molar-refractivity contribution in [1.29, 1.82) is 0 Å². The number of rotatable bonds is 11. The van der Waals surface area contributed by atoms with Gasteiger partial charge in [0.2, 0.25) is 5.91 Å². The van der Waals surface area contributed by atoms with Crippen molar-refractivity contribution in [3.8, 4) is 0 Å². The van der Waals surface area contributed by atoms with Gasteiger partial charge in [-0.15, -0.1) is 0 Å². The summed E-state index contributed by atoms with van der Waals surface area (Å²) in [6.07, 6.45) is 1.22. The van der Waals surface area contributed by atoms with E-state index in [-0.39, 0.29) is 11.9 Å². The fraction of sp³-hybridized carbons (Fsp3) is 0.611. The highest BCUT2D eigenvalue weighted by Gasteiger charge is 2.15. The molecule has 0 radical (unpaired) electrons. The molecular weight excluding hydrogens is 292 g/mol. The Hall–Kier alpha value is -1.43. The van der Waals surface area contributed by atoms with Crippen molar-refractivity contribution in [1.82, 2.24) is 10.2 Å². The van der Waals surface area contributed by atoms with Crippen LogP contribution in [0.25, 0.3) is 0 Å². The van der Waals surface area contributed by atoms with Gasteiger partial charge in [0.1, 0.15) is 0 Å². The highest BCUT2D eigenvalue weighted by molar-refractivity contribution is 5.75. The van der Waals surface area contributed by atoms with E-state index in [4.69, 9.17) is 9.47 Å². The van der Waals surface area contributed by atoms with E-state index in [1.165, 1.54) is 11.1 Å². The molecule has 1 amide bonds. The van der Waals surface area contributed by atoms with Gasteiger partial charge in [0.05, 0.1) is 19.3 Å². The van der Waals surface area contributed by atoms with Crippen LogP contribution in [0.15, 0.2) is 24.3 Å². The molecule has 1 aromatic carbocycles. The van der Waals surface area contributed by atoms with Gasteiger partial charge in [-0.1, -0.05) is 29.8 Å². The summed E-state index contributed by atoms with van der Waals surface area (Å²) in [7, 11) is 5.70. The Kier molecular flexibility index (Phi) is 9.52. The van der Waals surface area contributed by atoms with Crippen LogP contribution < -0.4 is 5.32 Å². The smallest absolute Gasteiger partial charge is 0.220 e. The molecule has 0 spiro atoms. The summed E-state index contributed by atoms with van der Waals surface area (Å²) in [6.45, 7) is 4.44. The lowest BCUT2D eigenvalue weighted by atomic mass is 10.0. The Bertz CT molecular complexity index is 446. The Morgan fingerprint density at radius 2 is 1.87 bits per heavy atom. The minimum Gasteiger partial charge on any atom is -0.382 e. The summed E-state index contributed by atoms with van der Waals surface area (Å²) in [4.78, 5) is 14.1. The maximum absolute atomic E-state index is 11.9. The molecule has 0 bridgehead atoms. The molecule has 5 nitrogen and oxygen atoms in total. The Balaban J connectivity index is 2.32. The molecule has 1 N–H and O–H groups in total. The van der Waals surface area contributed by atoms with Gasteiger partial charge in [-0.25, -0.2) is 0 Å². The number of benzene rings is 1. The molecule has 0 aliphatic heterocycles. The third-order valence-electron chi connectivity index (χ3n) is 3.70. The van der Waals surface area contributed by atoms with Crippen molar-refractivity contribution in [2.45, 2.75) is 25.8 Å². The van der Waals surface area contributed by atoms with E-state index in [9.17, 15) is 4.79 Å². The van der Waals surface area contributed by atoms with Crippen molar-refractivity contribution < 1.29 is 14.3 Å². The lowest BCUT2D eigenvalue weighted by Crippen LogP contribution is -2.34. The number of carbonyl (C=O) groups is 1. The number of ether oxygens (including phenoxy) is 2. The number of likely N-dealkylation sites (N-methyl/N-ethyl adjacent to an activating group) is 1. The minimum atomic E-state index is 0.0688. The molecule has 0 saturated carbocycles. The molecule has 1 atom stereocenters. The SMILES string of the molecule is COCCOCCCC(=O)NC[C@@H](c1ccc(C)cc1)N(C)C. The van der Waals surface area contributed by atoms with Crippen LogP contribution in [-0.2, 0) is 14.3 Å². The first kappa shape index (κ1) is 19.6. The summed E-state index contributed by atoms with van der Waals surface area (Å²) in [5.74, 6) is 0.0688. The average molecular weight is 322 g/mol. The van der Waals surface area contributed by atoms with E-state index in [0.29, 0.717) is 32.8 Å². The standard InChI is InChI=1S/C18H30N2O3/c1-15-7-9-16(10-8-15)17(20(2)3)14-19-18(21)6-5-11-23-13-12-22-4/h7-10,17H,5-6,11-14H2,1-4H3,(H,19,21)/t17-/m0/s1. The number of hydrogen-bond donors (Lipinski definition) is 1. The first-order chi connectivity index (χ1) is 11.0. The molecule has 0 aromatic heterocycles. The summed E-state index contributed by atoms with van der Waals surface area (Å²) >= 11 is 0. The fourth-order valence-corrected chi connectivity index (χ4v) is 2.27. The second kappa shape index (κ2) is 11.2. The number of nitrogens with zero attached hydrogens (tertiary/aromatic N) is 1. The molecule has 0 fully saturated rings. The summed E-state index contributed by atoms with van der Waals surface area (Å²) < 4.78 is 10.3. The lowest BCUT2D eigenvalue weighted by Gasteiger charge is -2.25. The maximum atomic E-state index is 11.9. The van der Waals surface area contributed by atoms with Crippen LogP contribution in [0.2, 0.25) is 0 Å². The molecule has 1 rings (SSSR count). The molecule has 0 saturated heterocycles. The van der Waals surface area contributed by atoms with Crippen LogP contribution in [0, 0.1) is 6.92 Å². The molecule has 0 heterocycles. The molecule has 23 heavy (non-hydrogen) atoms. The van der Waals surface area contributed by atoms with Crippen molar-refractivity contribution in [3.63, 3.8) is 0 Å². The molecule has 130 valence electrons. The van der Waals surface area contributed by atoms with E-state index >= 15 is 0 Å². The first-order valence-corrected chi connectivity index (χ1v) is 8.11. The highest BCUT2D eigenvalue weighted by Crippen LogP contribution is 2.17. The van der Waals surface area contributed by atoms with Crippen LogP contribution in [-0.4, -0.2) is 58.4 Å². The van der Waals surface area contributed by atoms with E-state index in [1.807, 2.05) is 14.1 Å². The predicted molar refractivity (Wildman–Crippen MR) is 92.5 cm³/mol. The number of hydrogen-bond acceptors (Lipinski definition) is 4. The first-order valence-electron chi connectivity index (χ1n) is 8.11. The maximum Gasteiger partial charge on any atom is 0.220 e. The van der Waals surface area contributed by atoms with Gasteiger partial charge >= 0.3 is 0 Å². The number of amides is 1. The normalized spacial score (nSPS) is 12.4. The van der Waals surface area contributed by atoms with Crippen LogP contribution >= 0.6 is 0 Å². The monoisotopic (exact) mass is 322 g/mol. The number of aryl methyl sites for hydroxylation is 1. The van der Waals surface area contributed by atoms with Crippen LogP contribution in [0.4, 0.5) is 0 Å². The van der Waals surface area contributed by atoms with Crippen LogP contribution in [0.5, 0.6) is 0 Å². The zero-order valence-electron chi connectivity index (χ0n) is 14.8. The molecule has 0 unspecified atom stereocenters. The molecule has 0 aliphatic carbocycles. The molecule has 5 heteroatoms. The predicted octanol–water partition coefficient (Wildman–Crippen LogP) is 2.16. The van der Waals surface area contributed by atoms with E-state index in [2.05, 4.69) is 41.4 Å². The summed E-state index contributed by atoms with van der Waals surface area (Å²) in [5.41, 5.74) is 2.45. The number of nitrogens with one attached hydrogen (secondary N) is 1. The quantitative estimate of drug-likeness (QED) is 0.634. The van der Waals surface area contributed by atoms with E-state index < -0.39 is 0 Å². The van der Waals surface area contributed by atoms with Crippen molar-refractivity contribution in [2.24, 2.45) is 0 Å². The topological polar surface area (TPSA) is 50.8 Å². The summed E-state index contributed by atoms with van der Waals surface area (Å²) in [6, 6.07) is 8.62. The van der Waals surface area contributed by atoms with Crippen molar-refractivity contribution in [3.05, 3.63) is 35.4 Å². The van der Waals surface area contributed by atoms with Gasteiger partial charge in [-0.05, 0) is 33.0 Å². The minimum absolute atomic E-state index is 0.0688.